The first kappa shape index (κ1) is 15.6. The third-order valence-corrected chi connectivity index (χ3v) is 3.99. The minimum absolute atomic E-state index is 0.500. The summed E-state index contributed by atoms with van der Waals surface area (Å²) in [6.45, 7) is 4.60. The van der Waals surface area contributed by atoms with E-state index in [-0.39, 0.29) is 0 Å². The molecule has 23 heavy (non-hydrogen) atoms. The van der Waals surface area contributed by atoms with E-state index in [2.05, 4.69) is 20.6 Å². The van der Waals surface area contributed by atoms with Crippen molar-refractivity contribution in [3.8, 4) is 5.75 Å². The SMILES string of the molecule is CCOc1ccccc1Nc1cc(C)nc(NC2CCCC2)n1. The Morgan fingerprint density at radius 1 is 1.17 bits per heavy atom. The Morgan fingerprint density at radius 2 is 1.96 bits per heavy atom. The second-order valence-corrected chi connectivity index (χ2v) is 5.90. The highest BCUT2D eigenvalue weighted by molar-refractivity contribution is 5.64. The number of nitrogens with one attached hydrogen (secondary N) is 2. The molecule has 122 valence electrons. The van der Waals surface area contributed by atoms with Crippen LogP contribution < -0.4 is 15.4 Å². The molecular formula is C18H24N4O. The average Bonchev–Trinajstić information content (AvgIpc) is 3.02. The van der Waals surface area contributed by atoms with Gasteiger partial charge in [0.2, 0.25) is 5.95 Å². The van der Waals surface area contributed by atoms with Gasteiger partial charge in [0.1, 0.15) is 11.6 Å². The van der Waals surface area contributed by atoms with Gasteiger partial charge in [0.05, 0.1) is 12.3 Å². The summed E-state index contributed by atoms with van der Waals surface area (Å²) in [5.41, 5.74) is 1.86. The molecule has 0 unspecified atom stereocenters. The van der Waals surface area contributed by atoms with Crippen LogP contribution in [0.15, 0.2) is 30.3 Å². The van der Waals surface area contributed by atoms with E-state index in [9.17, 15) is 0 Å². The molecular weight excluding hydrogens is 288 g/mol. The molecule has 0 aliphatic heterocycles. The fourth-order valence-electron chi connectivity index (χ4n) is 2.94. The number of benzene rings is 1. The third kappa shape index (κ3) is 4.12. The highest BCUT2D eigenvalue weighted by Gasteiger charge is 2.16. The van der Waals surface area contributed by atoms with E-state index in [0.717, 1.165) is 22.9 Å². The zero-order chi connectivity index (χ0) is 16.1. The van der Waals surface area contributed by atoms with Gasteiger partial charge in [-0.3, -0.25) is 0 Å². The lowest BCUT2D eigenvalue weighted by atomic mass is 10.2. The van der Waals surface area contributed by atoms with Crippen LogP contribution in [0.5, 0.6) is 5.75 Å². The normalized spacial score (nSPS) is 14.7. The van der Waals surface area contributed by atoms with E-state index in [0.29, 0.717) is 18.6 Å². The standard InChI is InChI=1S/C18H24N4O/c1-3-23-16-11-7-6-10-15(16)21-17-12-13(2)19-18(22-17)20-14-8-4-5-9-14/h6-7,10-12,14H,3-5,8-9H2,1-2H3,(H2,19,20,21,22). The molecule has 5 nitrogen and oxygen atoms in total. The van der Waals surface area contributed by atoms with E-state index in [1.807, 2.05) is 44.2 Å². The molecule has 1 heterocycles. The van der Waals surface area contributed by atoms with Gasteiger partial charge >= 0.3 is 0 Å². The van der Waals surface area contributed by atoms with E-state index < -0.39 is 0 Å². The van der Waals surface area contributed by atoms with Crippen LogP contribution in [0.25, 0.3) is 0 Å². The summed E-state index contributed by atoms with van der Waals surface area (Å²) in [6.07, 6.45) is 4.98. The maximum atomic E-state index is 5.66. The largest absolute Gasteiger partial charge is 0.492 e. The summed E-state index contributed by atoms with van der Waals surface area (Å²) < 4.78 is 5.66. The minimum Gasteiger partial charge on any atom is -0.492 e. The van der Waals surface area contributed by atoms with Gasteiger partial charge in [-0.2, -0.15) is 4.98 Å². The monoisotopic (exact) mass is 312 g/mol. The molecule has 1 aromatic heterocycles. The molecule has 5 heteroatoms. The van der Waals surface area contributed by atoms with Crippen LogP contribution in [-0.4, -0.2) is 22.6 Å². The third-order valence-electron chi connectivity index (χ3n) is 3.99. The molecule has 0 saturated heterocycles. The van der Waals surface area contributed by atoms with E-state index >= 15 is 0 Å². The second-order valence-electron chi connectivity index (χ2n) is 5.90. The van der Waals surface area contributed by atoms with Gasteiger partial charge in [0.15, 0.2) is 0 Å². The number of aromatic nitrogens is 2. The summed E-state index contributed by atoms with van der Waals surface area (Å²) in [4.78, 5) is 9.11. The Labute approximate surface area is 137 Å². The predicted molar refractivity (Wildman–Crippen MR) is 93.5 cm³/mol. The lowest BCUT2D eigenvalue weighted by Gasteiger charge is -2.15. The van der Waals surface area contributed by atoms with Crippen LogP contribution >= 0.6 is 0 Å². The minimum atomic E-state index is 0.500. The number of hydrogen-bond donors (Lipinski definition) is 2. The lowest BCUT2D eigenvalue weighted by molar-refractivity contribution is 0.342. The molecule has 1 aromatic carbocycles. The second kappa shape index (κ2) is 7.31. The molecule has 2 aromatic rings. The maximum absolute atomic E-state index is 5.66. The van der Waals surface area contributed by atoms with E-state index in [1.54, 1.807) is 0 Å². The van der Waals surface area contributed by atoms with Crippen molar-refractivity contribution < 1.29 is 4.74 Å². The van der Waals surface area contributed by atoms with E-state index in [4.69, 9.17) is 4.74 Å². The first-order valence-electron chi connectivity index (χ1n) is 8.35. The molecule has 0 spiro atoms. The van der Waals surface area contributed by atoms with Crippen molar-refractivity contribution in [2.24, 2.45) is 0 Å². The Bertz CT molecular complexity index is 653. The molecule has 2 N–H and O–H groups in total. The van der Waals surface area contributed by atoms with Crippen LogP contribution in [0.2, 0.25) is 0 Å². The number of para-hydroxylation sites is 2. The highest BCUT2D eigenvalue weighted by atomic mass is 16.5. The van der Waals surface area contributed by atoms with Crippen molar-refractivity contribution in [1.82, 2.24) is 9.97 Å². The molecule has 0 atom stereocenters. The number of rotatable bonds is 6. The highest BCUT2D eigenvalue weighted by Crippen LogP contribution is 2.27. The zero-order valence-corrected chi connectivity index (χ0v) is 13.8. The first-order valence-corrected chi connectivity index (χ1v) is 8.35. The maximum Gasteiger partial charge on any atom is 0.225 e. The summed E-state index contributed by atoms with van der Waals surface area (Å²) in [6, 6.07) is 10.3. The average molecular weight is 312 g/mol. The number of nitrogens with zero attached hydrogens (tertiary/aromatic N) is 2. The Hall–Kier alpha value is -2.30. The van der Waals surface area contributed by atoms with Crippen molar-refractivity contribution in [1.29, 1.82) is 0 Å². The Balaban J connectivity index is 1.78. The number of hydrogen-bond acceptors (Lipinski definition) is 5. The lowest BCUT2D eigenvalue weighted by Crippen LogP contribution is -2.17. The topological polar surface area (TPSA) is 59.1 Å². The molecule has 1 aliphatic rings. The van der Waals surface area contributed by atoms with Crippen LogP contribution in [0.4, 0.5) is 17.5 Å². The van der Waals surface area contributed by atoms with Gasteiger partial charge in [-0.15, -0.1) is 0 Å². The molecule has 3 rings (SSSR count). The van der Waals surface area contributed by atoms with E-state index in [1.165, 1.54) is 25.7 Å². The smallest absolute Gasteiger partial charge is 0.225 e. The predicted octanol–water partition coefficient (Wildman–Crippen LogP) is 4.28. The first-order chi connectivity index (χ1) is 11.2. The van der Waals surface area contributed by atoms with Crippen molar-refractivity contribution in [3.05, 3.63) is 36.0 Å². The molecule has 1 saturated carbocycles. The quantitative estimate of drug-likeness (QED) is 0.833. The fraction of sp³-hybridized carbons (Fsp3) is 0.444. The van der Waals surface area contributed by atoms with Gasteiger partial charge in [-0.1, -0.05) is 25.0 Å². The number of ether oxygens (including phenoxy) is 1. The molecule has 0 bridgehead atoms. The molecule has 0 amide bonds. The van der Waals surface area contributed by atoms with Crippen LogP contribution in [0.3, 0.4) is 0 Å². The fourth-order valence-corrected chi connectivity index (χ4v) is 2.94. The number of anilines is 3. The zero-order valence-electron chi connectivity index (χ0n) is 13.8. The van der Waals surface area contributed by atoms with Crippen LogP contribution in [0.1, 0.15) is 38.3 Å². The molecule has 0 radical (unpaired) electrons. The Kier molecular flexibility index (Phi) is 4.95. The van der Waals surface area contributed by atoms with Crippen LogP contribution in [0, 0.1) is 6.92 Å². The van der Waals surface area contributed by atoms with Crippen LogP contribution in [-0.2, 0) is 0 Å². The van der Waals surface area contributed by atoms with Gasteiger partial charge in [-0.25, -0.2) is 4.98 Å². The summed E-state index contributed by atoms with van der Waals surface area (Å²) in [5, 5.41) is 6.80. The van der Waals surface area contributed by atoms with Gasteiger partial charge in [0, 0.05) is 17.8 Å². The van der Waals surface area contributed by atoms with Crippen molar-refractivity contribution in [2.75, 3.05) is 17.2 Å². The number of aryl methyl sites for hydroxylation is 1. The molecule has 1 aliphatic carbocycles. The van der Waals surface area contributed by atoms with Gasteiger partial charge in [0.25, 0.3) is 0 Å². The van der Waals surface area contributed by atoms with Crippen molar-refractivity contribution in [2.45, 2.75) is 45.6 Å². The summed E-state index contributed by atoms with van der Waals surface area (Å²) in [5.74, 6) is 2.31. The summed E-state index contributed by atoms with van der Waals surface area (Å²) >= 11 is 0. The van der Waals surface area contributed by atoms with Gasteiger partial charge < -0.3 is 15.4 Å². The van der Waals surface area contributed by atoms with Crippen molar-refractivity contribution in [3.63, 3.8) is 0 Å². The molecule has 1 fully saturated rings. The summed E-state index contributed by atoms with van der Waals surface area (Å²) in [7, 11) is 0. The van der Waals surface area contributed by atoms with Gasteiger partial charge in [-0.05, 0) is 38.8 Å². The Morgan fingerprint density at radius 3 is 2.74 bits per heavy atom. The van der Waals surface area contributed by atoms with Crippen molar-refractivity contribution >= 4 is 17.5 Å².